The Hall–Kier alpha value is -2.67. The summed E-state index contributed by atoms with van der Waals surface area (Å²) >= 11 is 0. The molecule has 2 aromatic rings. The number of amides is 1. The smallest absolute Gasteiger partial charge is 0.234 e. The normalized spacial score (nSPS) is 10.7. The molecule has 2 rings (SSSR count). The lowest BCUT2D eigenvalue weighted by Gasteiger charge is -2.16. The van der Waals surface area contributed by atoms with Crippen molar-refractivity contribution in [2.45, 2.75) is 13.0 Å². The van der Waals surface area contributed by atoms with Crippen LogP contribution in [-0.4, -0.2) is 45.2 Å². The van der Waals surface area contributed by atoms with E-state index in [0.717, 1.165) is 17.7 Å². The molecule has 0 aromatic heterocycles. The molecule has 0 spiro atoms. The van der Waals surface area contributed by atoms with Crippen LogP contribution in [0.4, 0.5) is 8.78 Å². The summed E-state index contributed by atoms with van der Waals surface area (Å²) in [7, 11) is 4.90. The van der Waals surface area contributed by atoms with Crippen molar-refractivity contribution in [3.63, 3.8) is 0 Å². The first kappa shape index (κ1) is 20.6. The molecule has 0 aliphatic rings. The van der Waals surface area contributed by atoms with E-state index in [4.69, 9.17) is 9.47 Å². The number of likely N-dealkylation sites (N-methyl/N-ethyl adjacent to an activating group) is 1. The molecule has 5 nitrogen and oxygen atoms in total. The molecule has 0 aliphatic heterocycles. The lowest BCUT2D eigenvalue weighted by Crippen LogP contribution is -2.35. The fourth-order valence-electron chi connectivity index (χ4n) is 2.69. The van der Waals surface area contributed by atoms with Crippen LogP contribution in [0.25, 0.3) is 0 Å². The first-order valence-electron chi connectivity index (χ1n) is 8.53. The van der Waals surface area contributed by atoms with Crippen LogP contribution >= 0.6 is 0 Å². The van der Waals surface area contributed by atoms with Crippen molar-refractivity contribution >= 4 is 5.91 Å². The Balaban J connectivity index is 1.77. The summed E-state index contributed by atoms with van der Waals surface area (Å²) in [6.07, 6.45) is 0.652. The molecule has 27 heavy (non-hydrogen) atoms. The third kappa shape index (κ3) is 6.21. The quantitative estimate of drug-likeness (QED) is 0.729. The maximum atomic E-state index is 13.2. The molecule has 0 aliphatic carbocycles. The van der Waals surface area contributed by atoms with Crippen molar-refractivity contribution in [2.24, 2.45) is 0 Å². The van der Waals surface area contributed by atoms with Gasteiger partial charge in [-0.25, -0.2) is 8.78 Å². The number of benzene rings is 2. The summed E-state index contributed by atoms with van der Waals surface area (Å²) in [4.78, 5) is 13.8. The molecular formula is C20H24F2N2O3. The van der Waals surface area contributed by atoms with Gasteiger partial charge in [0.25, 0.3) is 0 Å². The van der Waals surface area contributed by atoms with Crippen molar-refractivity contribution in [3.8, 4) is 11.5 Å². The van der Waals surface area contributed by atoms with E-state index in [9.17, 15) is 13.6 Å². The van der Waals surface area contributed by atoms with Crippen LogP contribution < -0.4 is 14.8 Å². The number of nitrogens with one attached hydrogen (secondary N) is 1. The fourth-order valence-corrected chi connectivity index (χ4v) is 2.69. The second-order valence-electron chi connectivity index (χ2n) is 6.21. The molecular weight excluding hydrogens is 354 g/mol. The van der Waals surface area contributed by atoms with Gasteiger partial charge in [0, 0.05) is 13.1 Å². The molecule has 0 atom stereocenters. The summed E-state index contributed by atoms with van der Waals surface area (Å²) in [6, 6.07) is 9.35. The van der Waals surface area contributed by atoms with Gasteiger partial charge in [0.1, 0.15) is 0 Å². The molecule has 0 unspecified atom stereocenters. The predicted molar refractivity (Wildman–Crippen MR) is 99.0 cm³/mol. The van der Waals surface area contributed by atoms with Crippen LogP contribution in [0, 0.1) is 11.6 Å². The molecule has 146 valence electrons. The van der Waals surface area contributed by atoms with E-state index in [0.29, 0.717) is 36.6 Å². The van der Waals surface area contributed by atoms with Gasteiger partial charge in [-0.15, -0.1) is 0 Å². The van der Waals surface area contributed by atoms with Crippen molar-refractivity contribution in [1.82, 2.24) is 10.2 Å². The van der Waals surface area contributed by atoms with Crippen LogP contribution in [0.15, 0.2) is 36.4 Å². The number of carbonyl (C=O) groups is 1. The van der Waals surface area contributed by atoms with Crippen molar-refractivity contribution in [3.05, 3.63) is 59.2 Å². The van der Waals surface area contributed by atoms with Crippen LogP contribution in [-0.2, 0) is 17.8 Å². The Morgan fingerprint density at radius 2 is 1.70 bits per heavy atom. The van der Waals surface area contributed by atoms with Gasteiger partial charge in [-0.2, -0.15) is 0 Å². The minimum atomic E-state index is -0.889. The predicted octanol–water partition coefficient (Wildman–Crippen LogP) is 2.77. The zero-order valence-electron chi connectivity index (χ0n) is 15.7. The minimum absolute atomic E-state index is 0.138. The van der Waals surface area contributed by atoms with Gasteiger partial charge in [0.2, 0.25) is 5.91 Å². The van der Waals surface area contributed by atoms with E-state index in [-0.39, 0.29) is 12.5 Å². The highest BCUT2D eigenvalue weighted by atomic mass is 19.2. The van der Waals surface area contributed by atoms with Crippen molar-refractivity contribution in [1.29, 1.82) is 0 Å². The lowest BCUT2D eigenvalue weighted by atomic mass is 10.1. The summed E-state index contributed by atoms with van der Waals surface area (Å²) in [5.41, 5.74) is 1.62. The highest BCUT2D eigenvalue weighted by molar-refractivity contribution is 5.77. The van der Waals surface area contributed by atoms with Crippen LogP contribution in [0.5, 0.6) is 11.5 Å². The average Bonchev–Trinajstić information content (AvgIpc) is 2.64. The van der Waals surface area contributed by atoms with E-state index in [1.54, 1.807) is 26.2 Å². The standard InChI is InChI=1S/C20H24F2N2O3/c1-24(12-15-4-6-16(21)17(22)10-15)13-20(25)23-9-8-14-5-7-18(26-2)19(11-14)27-3/h4-7,10-11H,8-9,12-13H2,1-3H3,(H,23,25). The maximum Gasteiger partial charge on any atom is 0.234 e. The minimum Gasteiger partial charge on any atom is -0.493 e. The lowest BCUT2D eigenvalue weighted by molar-refractivity contribution is -0.122. The molecule has 0 heterocycles. The van der Waals surface area contributed by atoms with E-state index >= 15 is 0 Å². The zero-order valence-corrected chi connectivity index (χ0v) is 15.7. The summed E-state index contributed by atoms with van der Waals surface area (Å²) < 4.78 is 36.6. The molecule has 0 fully saturated rings. The number of hydrogen-bond acceptors (Lipinski definition) is 4. The molecule has 1 N–H and O–H groups in total. The Morgan fingerprint density at radius 3 is 2.37 bits per heavy atom. The molecule has 0 saturated heterocycles. The first-order valence-corrected chi connectivity index (χ1v) is 8.53. The molecule has 0 bridgehead atoms. The number of halogens is 2. The van der Waals surface area contributed by atoms with E-state index in [2.05, 4.69) is 5.32 Å². The van der Waals surface area contributed by atoms with Gasteiger partial charge >= 0.3 is 0 Å². The zero-order chi connectivity index (χ0) is 19.8. The monoisotopic (exact) mass is 378 g/mol. The van der Waals surface area contributed by atoms with Gasteiger partial charge in [-0.05, 0) is 48.9 Å². The van der Waals surface area contributed by atoms with E-state index in [1.165, 1.54) is 6.07 Å². The second kappa shape index (κ2) is 9.87. The summed E-state index contributed by atoms with van der Waals surface area (Å²) in [5.74, 6) is -0.605. The highest BCUT2D eigenvalue weighted by Gasteiger charge is 2.10. The van der Waals surface area contributed by atoms with Gasteiger partial charge in [0.05, 0.1) is 20.8 Å². The van der Waals surface area contributed by atoms with Crippen LogP contribution in [0.1, 0.15) is 11.1 Å². The Labute approximate surface area is 157 Å². The summed E-state index contributed by atoms with van der Waals surface area (Å²) in [6.45, 7) is 0.985. The number of carbonyl (C=O) groups excluding carboxylic acids is 1. The van der Waals surface area contributed by atoms with E-state index < -0.39 is 11.6 Å². The first-order chi connectivity index (χ1) is 12.9. The second-order valence-corrected chi connectivity index (χ2v) is 6.21. The van der Waals surface area contributed by atoms with E-state index in [1.807, 2.05) is 18.2 Å². The third-order valence-electron chi connectivity index (χ3n) is 4.03. The third-order valence-corrected chi connectivity index (χ3v) is 4.03. The number of nitrogens with zero attached hydrogens (tertiary/aromatic N) is 1. The Bertz CT molecular complexity index is 784. The molecule has 1 amide bonds. The average molecular weight is 378 g/mol. The number of rotatable bonds is 9. The van der Waals surface area contributed by atoms with Crippen LogP contribution in [0.3, 0.4) is 0 Å². The largest absolute Gasteiger partial charge is 0.493 e. The van der Waals surface area contributed by atoms with Crippen molar-refractivity contribution < 1.29 is 23.0 Å². The maximum absolute atomic E-state index is 13.2. The number of hydrogen-bond donors (Lipinski definition) is 1. The van der Waals surface area contributed by atoms with Crippen LogP contribution in [0.2, 0.25) is 0 Å². The molecule has 2 aromatic carbocycles. The van der Waals surface area contributed by atoms with Gasteiger partial charge in [-0.1, -0.05) is 12.1 Å². The van der Waals surface area contributed by atoms with Crippen molar-refractivity contribution in [2.75, 3.05) is 34.4 Å². The fraction of sp³-hybridized carbons (Fsp3) is 0.350. The van der Waals surface area contributed by atoms with Gasteiger partial charge in [0.15, 0.2) is 23.1 Å². The molecule has 0 radical (unpaired) electrons. The highest BCUT2D eigenvalue weighted by Crippen LogP contribution is 2.27. The molecule has 0 saturated carbocycles. The Kier molecular flexibility index (Phi) is 7.55. The SMILES string of the molecule is COc1ccc(CCNC(=O)CN(C)Cc2ccc(F)c(F)c2)cc1OC. The Morgan fingerprint density at radius 1 is 1.00 bits per heavy atom. The molecule has 7 heteroatoms. The number of methoxy groups -OCH3 is 2. The van der Waals surface area contributed by atoms with Gasteiger partial charge in [-0.3, -0.25) is 9.69 Å². The topological polar surface area (TPSA) is 50.8 Å². The van der Waals surface area contributed by atoms with Gasteiger partial charge < -0.3 is 14.8 Å². The summed E-state index contributed by atoms with van der Waals surface area (Å²) in [5, 5.41) is 2.85. The number of ether oxygens (including phenoxy) is 2.